The van der Waals surface area contributed by atoms with Gasteiger partial charge < -0.3 is 9.78 Å². The fourth-order valence-electron chi connectivity index (χ4n) is 4.73. The summed E-state index contributed by atoms with van der Waals surface area (Å²) in [6.07, 6.45) is 7.14. The highest BCUT2D eigenvalue weighted by molar-refractivity contribution is 6.31. The number of hydrogen-bond donors (Lipinski definition) is 2. The number of rotatable bonds is 5. The number of aromatic nitrogens is 3. The van der Waals surface area contributed by atoms with Gasteiger partial charge in [0.2, 0.25) is 0 Å². The quantitative estimate of drug-likeness (QED) is 0.437. The number of fused-ring (bicyclic) bond motifs is 1. The van der Waals surface area contributed by atoms with Crippen molar-refractivity contribution in [2.24, 2.45) is 5.92 Å². The summed E-state index contributed by atoms with van der Waals surface area (Å²) in [5.74, 6) is 0.973. The Morgan fingerprint density at radius 1 is 1.18 bits per heavy atom. The minimum absolute atomic E-state index is 0.0662. The molecule has 0 aliphatic heterocycles. The van der Waals surface area contributed by atoms with E-state index in [4.69, 9.17) is 21.6 Å². The zero-order valence-corrected chi connectivity index (χ0v) is 20.8. The first kappa shape index (κ1) is 23.4. The van der Waals surface area contributed by atoms with Crippen molar-refractivity contribution in [3.8, 4) is 11.5 Å². The number of aryl methyl sites for hydroxylation is 1. The molecule has 4 rings (SSSR count). The van der Waals surface area contributed by atoms with E-state index in [1.807, 2.05) is 37.3 Å². The zero-order valence-electron chi connectivity index (χ0n) is 20.0. The van der Waals surface area contributed by atoms with Crippen LogP contribution >= 0.6 is 11.6 Å². The van der Waals surface area contributed by atoms with Crippen molar-refractivity contribution < 1.29 is 4.79 Å². The number of halogens is 1. The number of hydrogen-bond acceptors (Lipinski definition) is 4. The van der Waals surface area contributed by atoms with Crippen LogP contribution in [0.15, 0.2) is 47.5 Å². The largest absolute Gasteiger partial charge is 0.337 e. The number of benzene rings is 1. The molecule has 3 atom stereocenters. The number of nitrogens with one attached hydrogen (secondary N) is 2. The molecule has 2 N–H and O–H groups in total. The molecule has 172 valence electrons. The summed E-state index contributed by atoms with van der Waals surface area (Å²) in [6, 6.07) is 7.49. The number of aldehydes is 1. The third kappa shape index (κ3) is 4.66. The molecule has 0 amide bonds. The summed E-state index contributed by atoms with van der Waals surface area (Å²) in [7, 11) is 0. The Balaban J connectivity index is 1.96. The van der Waals surface area contributed by atoms with Gasteiger partial charge in [-0.05, 0) is 69.9 Å². The van der Waals surface area contributed by atoms with Crippen molar-refractivity contribution in [3.63, 3.8) is 0 Å². The van der Waals surface area contributed by atoms with Gasteiger partial charge in [-0.15, -0.1) is 0 Å². The minimum Gasteiger partial charge on any atom is -0.337 e. The Kier molecular flexibility index (Phi) is 6.30. The lowest BCUT2D eigenvalue weighted by atomic mass is 9.77. The van der Waals surface area contributed by atoms with Crippen molar-refractivity contribution in [1.82, 2.24) is 20.3 Å². The smallest absolute Gasteiger partial charge is 0.157 e. The van der Waals surface area contributed by atoms with Crippen LogP contribution in [0.3, 0.4) is 0 Å². The van der Waals surface area contributed by atoms with Gasteiger partial charge in [0.25, 0.3) is 0 Å². The van der Waals surface area contributed by atoms with Gasteiger partial charge in [-0.2, -0.15) is 0 Å². The lowest BCUT2D eigenvalue weighted by Crippen LogP contribution is -2.40. The number of aromatic amines is 1. The first-order valence-corrected chi connectivity index (χ1v) is 11.7. The molecule has 0 bridgehead atoms. The van der Waals surface area contributed by atoms with Crippen molar-refractivity contribution in [1.29, 1.82) is 0 Å². The maximum atomic E-state index is 12.3. The second-order valence-corrected chi connectivity index (χ2v) is 10.3. The SMILES string of the molecule is Cc1nc(-c2nc3ccccc3[nH]2)c(C)c(C2C=CC(Cl)=CC2C)c1[C@@H](C=O)NC(C)(C)C. The van der Waals surface area contributed by atoms with Crippen molar-refractivity contribution in [3.05, 3.63) is 69.9 Å². The number of carbonyl (C=O) groups is 1. The van der Waals surface area contributed by atoms with Gasteiger partial charge >= 0.3 is 0 Å². The first-order chi connectivity index (χ1) is 15.6. The van der Waals surface area contributed by atoms with Crippen molar-refractivity contribution >= 4 is 28.9 Å². The van der Waals surface area contributed by atoms with Crippen LogP contribution in [0.2, 0.25) is 0 Å². The molecule has 1 aromatic carbocycles. The normalized spacial score (nSPS) is 19.5. The van der Waals surface area contributed by atoms with E-state index in [1.54, 1.807) is 0 Å². The van der Waals surface area contributed by atoms with E-state index in [0.717, 1.165) is 56.3 Å². The Hall–Kier alpha value is -2.76. The van der Waals surface area contributed by atoms with Crippen LogP contribution in [0, 0.1) is 19.8 Å². The lowest BCUT2D eigenvalue weighted by molar-refractivity contribution is -0.110. The molecule has 0 saturated heterocycles. The Bertz CT molecular complexity index is 1230. The van der Waals surface area contributed by atoms with Gasteiger partial charge in [0.15, 0.2) is 5.82 Å². The maximum absolute atomic E-state index is 12.3. The molecular weight excluding hydrogens is 432 g/mol. The number of carbonyl (C=O) groups excluding carboxylic acids is 1. The summed E-state index contributed by atoms with van der Waals surface area (Å²) < 4.78 is 0. The van der Waals surface area contributed by atoms with Crippen LogP contribution in [0.25, 0.3) is 22.6 Å². The van der Waals surface area contributed by atoms with Gasteiger partial charge in [0.1, 0.15) is 12.0 Å². The van der Waals surface area contributed by atoms with Gasteiger partial charge in [-0.3, -0.25) is 5.32 Å². The standard InChI is InChI=1S/C27H31ClN4O/c1-15-13-18(28)11-12-19(15)23-16(2)25(26-30-20-9-7-8-10-21(20)31-26)29-17(3)24(23)22(14-33)32-27(4,5)6/h7-15,19,22,32H,1-6H3,(H,30,31)/t15?,19?,22-/m1/s1. The summed E-state index contributed by atoms with van der Waals surface area (Å²) in [5, 5.41) is 4.21. The lowest BCUT2D eigenvalue weighted by Gasteiger charge is -2.32. The monoisotopic (exact) mass is 462 g/mol. The van der Waals surface area contributed by atoms with E-state index in [2.05, 4.69) is 57.1 Å². The number of H-pyrrole nitrogens is 1. The molecule has 0 spiro atoms. The number of nitrogens with zero attached hydrogens (tertiary/aromatic N) is 2. The molecule has 0 radical (unpaired) electrons. The van der Waals surface area contributed by atoms with Crippen molar-refractivity contribution in [2.45, 2.75) is 59.0 Å². The maximum Gasteiger partial charge on any atom is 0.157 e. The molecule has 1 aliphatic rings. The van der Waals surface area contributed by atoms with Crippen LogP contribution in [0.5, 0.6) is 0 Å². The van der Waals surface area contributed by atoms with E-state index >= 15 is 0 Å². The Morgan fingerprint density at radius 3 is 2.55 bits per heavy atom. The third-order valence-electron chi connectivity index (χ3n) is 6.15. The highest BCUT2D eigenvalue weighted by atomic mass is 35.5. The second-order valence-electron chi connectivity index (χ2n) is 9.90. The first-order valence-electron chi connectivity index (χ1n) is 11.3. The predicted molar refractivity (Wildman–Crippen MR) is 135 cm³/mol. The summed E-state index contributed by atoms with van der Waals surface area (Å²) >= 11 is 6.30. The third-order valence-corrected chi connectivity index (χ3v) is 6.40. The van der Waals surface area contributed by atoms with Crippen LogP contribution in [-0.2, 0) is 4.79 Å². The van der Waals surface area contributed by atoms with Crippen molar-refractivity contribution in [2.75, 3.05) is 0 Å². The molecule has 33 heavy (non-hydrogen) atoms. The zero-order chi connectivity index (χ0) is 23.9. The van der Waals surface area contributed by atoms with Crippen LogP contribution in [0.1, 0.15) is 62.0 Å². The molecule has 3 aromatic rings. The van der Waals surface area contributed by atoms with Gasteiger partial charge in [-0.25, -0.2) is 9.97 Å². The molecule has 5 nitrogen and oxygen atoms in total. The Morgan fingerprint density at radius 2 is 1.91 bits per heavy atom. The average Bonchev–Trinajstić information content (AvgIpc) is 3.17. The molecule has 0 saturated carbocycles. The highest BCUT2D eigenvalue weighted by Gasteiger charge is 2.31. The topological polar surface area (TPSA) is 70.7 Å². The van der Waals surface area contributed by atoms with E-state index < -0.39 is 6.04 Å². The highest BCUT2D eigenvalue weighted by Crippen LogP contribution is 2.41. The average molecular weight is 463 g/mol. The van der Waals surface area contributed by atoms with E-state index in [0.29, 0.717) is 0 Å². The summed E-state index contributed by atoms with van der Waals surface area (Å²) in [5.41, 5.74) is 6.32. The van der Waals surface area contributed by atoms with E-state index in [1.165, 1.54) is 0 Å². The van der Waals surface area contributed by atoms with Crippen LogP contribution in [-0.4, -0.2) is 26.8 Å². The van der Waals surface area contributed by atoms with Gasteiger partial charge in [0.05, 0.1) is 17.1 Å². The summed E-state index contributed by atoms with van der Waals surface area (Å²) in [4.78, 5) is 25.5. The molecule has 6 heteroatoms. The number of imidazole rings is 1. The Labute approximate surface area is 200 Å². The van der Waals surface area contributed by atoms with Gasteiger partial charge in [-0.1, -0.05) is 42.8 Å². The molecular formula is C27H31ClN4O. The van der Waals surface area contributed by atoms with E-state index in [9.17, 15) is 4.79 Å². The molecule has 0 fully saturated rings. The molecule has 1 aliphatic carbocycles. The fraction of sp³-hybridized carbons (Fsp3) is 0.370. The van der Waals surface area contributed by atoms with E-state index in [-0.39, 0.29) is 17.4 Å². The predicted octanol–water partition coefficient (Wildman–Crippen LogP) is 6.28. The number of pyridine rings is 1. The minimum atomic E-state index is -0.474. The van der Waals surface area contributed by atoms with Crippen LogP contribution in [0.4, 0.5) is 0 Å². The molecule has 2 unspecified atom stereocenters. The molecule has 2 aromatic heterocycles. The number of allylic oxidation sites excluding steroid dienone is 4. The molecule has 2 heterocycles. The fourth-order valence-corrected chi connectivity index (χ4v) is 5.01. The summed E-state index contributed by atoms with van der Waals surface area (Å²) in [6.45, 7) is 12.4. The van der Waals surface area contributed by atoms with Crippen LogP contribution < -0.4 is 5.32 Å². The number of para-hydroxylation sites is 2. The van der Waals surface area contributed by atoms with Gasteiger partial charge in [0, 0.05) is 27.7 Å². The second kappa shape index (κ2) is 8.88.